The molecule has 2 rings (SSSR count). The normalized spacial score (nSPS) is 11.2. The number of fused-ring (bicyclic) bond motifs is 1. The first kappa shape index (κ1) is 13.2. The fourth-order valence-electron chi connectivity index (χ4n) is 1.89. The zero-order chi connectivity index (χ0) is 13.0. The van der Waals surface area contributed by atoms with Crippen LogP contribution in [0.5, 0.6) is 0 Å². The monoisotopic (exact) mass is 265 g/mol. The minimum Gasteiger partial charge on any atom is -0.380 e. The second-order valence-electron chi connectivity index (χ2n) is 4.37. The van der Waals surface area contributed by atoms with Crippen LogP contribution in [0.3, 0.4) is 0 Å². The van der Waals surface area contributed by atoms with Crippen molar-refractivity contribution in [1.82, 2.24) is 14.5 Å². The van der Waals surface area contributed by atoms with Gasteiger partial charge in [0.05, 0.1) is 18.7 Å². The van der Waals surface area contributed by atoms with Crippen LogP contribution in [0.2, 0.25) is 0 Å². The van der Waals surface area contributed by atoms with Crippen LogP contribution in [-0.2, 0) is 11.3 Å². The lowest BCUT2D eigenvalue weighted by molar-refractivity contribution is 0.124. The fourth-order valence-corrected chi connectivity index (χ4v) is 2.17. The molecule has 0 saturated heterocycles. The van der Waals surface area contributed by atoms with Gasteiger partial charge in [0.25, 0.3) is 0 Å². The molecule has 5 heteroatoms. The van der Waals surface area contributed by atoms with Gasteiger partial charge in [-0.25, -0.2) is 4.98 Å². The molecular formula is C13H19N3OS. The van der Waals surface area contributed by atoms with Crippen molar-refractivity contribution < 1.29 is 4.74 Å². The lowest BCUT2D eigenvalue weighted by Crippen LogP contribution is -2.07. The molecule has 98 valence electrons. The summed E-state index contributed by atoms with van der Waals surface area (Å²) < 4.78 is 8.29. The molecule has 0 aliphatic heterocycles. The van der Waals surface area contributed by atoms with E-state index in [0.717, 1.165) is 42.7 Å². The Hall–Kier alpha value is -1.20. The molecule has 4 nitrogen and oxygen atoms in total. The lowest BCUT2D eigenvalue weighted by Gasteiger charge is -2.05. The molecule has 2 heterocycles. The van der Waals surface area contributed by atoms with E-state index < -0.39 is 0 Å². The number of pyridine rings is 1. The van der Waals surface area contributed by atoms with Crippen molar-refractivity contribution in [2.24, 2.45) is 0 Å². The van der Waals surface area contributed by atoms with Gasteiger partial charge in [0.2, 0.25) is 0 Å². The molecule has 18 heavy (non-hydrogen) atoms. The lowest BCUT2D eigenvalue weighted by atomic mass is 10.3. The molecule has 0 aliphatic rings. The second-order valence-corrected chi connectivity index (χ2v) is 4.76. The van der Waals surface area contributed by atoms with Crippen LogP contribution in [0.1, 0.15) is 25.3 Å². The molecule has 0 amide bonds. The third-order valence-corrected chi connectivity index (χ3v) is 3.30. The highest BCUT2D eigenvalue weighted by Gasteiger charge is 2.06. The van der Waals surface area contributed by atoms with E-state index in [9.17, 15) is 0 Å². The minimum absolute atomic E-state index is 0.677. The molecule has 0 unspecified atom stereocenters. The van der Waals surface area contributed by atoms with E-state index in [2.05, 4.69) is 23.8 Å². The average Bonchev–Trinajstić information content (AvgIpc) is 2.68. The van der Waals surface area contributed by atoms with E-state index >= 15 is 0 Å². The maximum absolute atomic E-state index is 5.57. The van der Waals surface area contributed by atoms with Crippen LogP contribution in [0.15, 0.2) is 12.3 Å². The Bertz CT molecular complexity index is 573. The van der Waals surface area contributed by atoms with E-state index in [0.29, 0.717) is 11.4 Å². The van der Waals surface area contributed by atoms with Gasteiger partial charge in [-0.05, 0) is 37.2 Å². The number of imidazole rings is 1. The summed E-state index contributed by atoms with van der Waals surface area (Å²) in [7, 11) is 0. The fraction of sp³-hybridized carbons (Fsp3) is 0.538. The van der Waals surface area contributed by atoms with Gasteiger partial charge in [0.15, 0.2) is 10.4 Å². The Balaban J connectivity index is 2.11. The number of hydrogen-bond acceptors (Lipinski definition) is 3. The van der Waals surface area contributed by atoms with Gasteiger partial charge in [-0.3, -0.25) is 4.57 Å². The maximum Gasteiger partial charge on any atom is 0.179 e. The van der Waals surface area contributed by atoms with Crippen molar-refractivity contribution >= 4 is 23.4 Å². The molecule has 0 atom stereocenters. The number of rotatable bonds is 6. The summed E-state index contributed by atoms with van der Waals surface area (Å²) in [4.78, 5) is 7.59. The van der Waals surface area contributed by atoms with Gasteiger partial charge in [-0.15, -0.1) is 0 Å². The number of hydrogen-bond donors (Lipinski definition) is 1. The van der Waals surface area contributed by atoms with Crippen molar-refractivity contribution in [3.63, 3.8) is 0 Å². The number of nitrogens with one attached hydrogen (secondary N) is 1. The molecule has 2 aromatic heterocycles. The van der Waals surface area contributed by atoms with Crippen molar-refractivity contribution in [3.8, 4) is 0 Å². The zero-order valence-electron chi connectivity index (χ0n) is 10.9. The Morgan fingerprint density at radius 1 is 1.44 bits per heavy atom. The summed E-state index contributed by atoms with van der Waals surface area (Å²) in [6.45, 7) is 6.46. The zero-order valence-corrected chi connectivity index (χ0v) is 11.7. The number of ether oxygens (including phenoxy) is 1. The van der Waals surface area contributed by atoms with Crippen LogP contribution in [0, 0.1) is 11.7 Å². The predicted molar refractivity (Wildman–Crippen MR) is 75.4 cm³/mol. The summed E-state index contributed by atoms with van der Waals surface area (Å²) in [5.41, 5.74) is 3.10. The number of unbranched alkanes of at least 4 members (excludes halogenated alkanes) is 1. The Morgan fingerprint density at radius 2 is 2.28 bits per heavy atom. The highest BCUT2D eigenvalue weighted by Crippen LogP contribution is 2.15. The van der Waals surface area contributed by atoms with E-state index in [1.807, 2.05) is 16.8 Å². The second kappa shape index (κ2) is 6.11. The van der Waals surface area contributed by atoms with E-state index in [-0.39, 0.29) is 0 Å². The Labute approximate surface area is 112 Å². The number of aryl methyl sites for hydroxylation is 1. The first-order valence-electron chi connectivity index (χ1n) is 6.36. The number of nitrogens with zero attached hydrogens (tertiary/aromatic N) is 2. The van der Waals surface area contributed by atoms with Crippen molar-refractivity contribution in [3.05, 3.63) is 22.6 Å². The molecule has 1 N–H and O–H groups in total. The van der Waals surface area contributed by atoms with Crippen molar-refractivity contribution in [1.29, 1.82) is 0 Å². The summed E-state index contributed by atoms with van der Waals surface area (Å²) in [6.07, 6.45) is 4.08. The number of aromatic nitrogens is 3. The largest absolute Gasteiger partial charge is 0.380 e. The highest BCUT2D eigenvalue weighted by atomic mass is 32.1. The predicted octanol–water partition coefficient (Wildman–Crippen LogP) is 3.22. The summed E-state index contributed by atoms with van der Waals surface area (Å²) >= 11 is 5.33. The molecule has 0 radical (unpaired) electrons. The standard InChI is InChI=1S/C13H19N3OS/c1-3-4-8-17-9-7-16-12-11(15-13(16)18)10(2)5-6-14-12/h5-6H,3-4,7-9H2,1-2H3,(H,15,18). The number of aromatic amines is 1. The minimum atomic E-state index is 0.677. The van der Waals surface area contributed by atoms with Crippen LogP contribution in [0.4, 0.5) is 0 Å². The van der Waals surface area contributed by atoms with Gasteiger partial charge in [0, 0.05) is 12.8 Å². The van der Waals surface area contributed by atoms with Gasteiger partial charge in [0.1, 0.15) is 0 Å². The van der Waals surface area contributed by atoms with Crippen molar-refractivity contribution in [2.75, 3.05) is 13.2 Å². The van der Waals surface area contributed by atoms with Gasteiger partial charge in [-0.1, -0.05) is 13.3 Å². The summed E-state index contributed by atoms with van der Waals surface area (Å²) in [5.74, 6) is 0. The molecule has 0 saturated carbocycles. The topological polar surface area (TPSA) is 42.8 Å². The molecule has 0 aromatic carbocycles. The van der Waals surface area contributed by atoms with E-state index in [1.54, 1.807) is 0 Å². The molecule has 0 fully saturated rings. The van der Waals surface area contributed by atoms with Crippen LogP contribution in [-0.4, -0.2) is 27.7 Å². The highest BCUT2D eigenvalue weighted by molar-refractivity contribution is 7.71. The van der Waals surface area contributed by atoms with Crippen LogP contribution < -0.4 is 0 Å². The van der Waals surface area contributed by atoms with Crippen LogP contribution >= 0.6 is 12.2 Å². The summed E-state index contributed by atoms with van der Waals surface area (Å²) in [6, 6.07) is 1.98. The van der Waals surface area contributed by atoms with Gasteiger partial charge < -0.3 is 9.72 Å². The Kier molecular flexibility index (Phi) is 4.49. The van der Waals surface area contributed by atoms with Crippen LogP contribution in [0.25, 0.3) is 11.2 Å². The molecular weight excluding hydrogens is 246 g/mol. The molecule has 0 aliphatic carbocycles. The quantitative estimate of drug-likeness (QED) is 0.644. The van der Waals surface area contributed by atoms with E-state index in [4.69, 9.17) is 17.0 Å². The Morgan fingerprint density at radius 3 is 3.06 bits per heavy atom. The van der Waals surface area contributed by atoms with E-state index in [1.165, 1.54) is 0 Å². The number of H-pyrrole nitrogens is 1. The average molecular weight is 265 g/mol. The summed E-state index contributed by atoms with van der Waals surface area (Å²) in [5, 5.41) is 0. The van der Waals surface area contributed by atoms with Crippen molar-refractivity contribution in [2.45, 2.75) is 33.2 Å². The molecule has 0 spiro atoms. The SMILES string of the molecule is CCCCOCCn1c(=S)[nH]c2c(C)ccnc21. The first-order chi connectivity index (χ1) is 8.74. The van der Waals surface area contributed by atoms with Gasteiger partial charge in [-0.2, -0.15) is 0 Å². The third kappa shape index (κ3) is 2.79. The van der Waals surface area contributed by atoms with Gasteiger partial charge >= 0.3 is 0 Å². The smallest absolute Gasteiger partial charge is 0.179 e. The first-order valence-corrected chi connectivity index (χ1v) is 6.76. The molecule has 0 bridgehead atoms. The maximum atomic E-state index is 5.57. The molecule has 2 aromatic rings. The third-order valence-electron chi connectivity index (χ3n) is 2.97.